The number of hydrogen-bond donors (Lipinski definition) is 1. The summed E-state index contributed by atoms with van der Waals surface area (Å²) in [6.07, 6.45) is 1.15. The van der Waals surface area contributed by atoms with Crippen molar-refractivity contribution in [3.05, 3.63) is 0 Å². The second-order valence-corrected chi connectivity index (χ2v) is 5.98. The van der Waals surface area contributed by atoms with Crippen LogP contribution in [0.3, 0.4) is 0 Å². The summed E-state index contributed by atoms with van der Waals surface area (Å²) >= 11 is 0. The van der Waals surface area contributed by atoms with E-state index in [-0.39, 0.29) is 30.2 Å². The van der Waals surface area contributed by atoms with Crippen LogP contribution >= 0.6 is 0 Å². The van der Waals surface area contributed by atoms with Gasteiger partial charge in [-0.2, -0.15) is 0 Å². The van der Waals surface area contributed by atoms with Crippen molar-refractivity contribution in [3.63, 3.8) is 0 Å². The third-order valence-electron chi connectivity index (χ3n) is 3.61. The summed E-state index contributed by atoms with van der Waals surface area (Å²) in [5.74, 6) is 0.234. The van der Waals surface area contributed by atoms with Gasteiger partial charge in [-0.3, -0.25) is 0 Å². The number of ether oxygens (including phenoxy) is 1. The molecule has 4 atom stereocenters. The van der Waals surface area contributed by atoms with Crippen molar-refractivity contribution in [1.82, 2.24) is 4.90 Å². The second kappa shape index (κ2) is 3.62. The molecule has 1 N–H and O–H groups in total. The van der Waals surface area contributed by atoms with Crippen molar-refractivity contribution in [2.24, 2.45) is 5.92 Å². The topological polar surface area (TPSA) is 49.8 Å². The Hall–Kier alpha value is -0.770. The summed E-state index contributed by atoms with van der Waals surface area (Å²) in [5, 5.41) is 9.74. The van der Waals surface area contributed by atoms with Crippen LogP contribution in [0.5, 0.6) is 0 Å². The molecule has 2 aliphatic rings. The van der Waals surface area contributed by atoms with E-state index >= 15 is 0 Å². The van der Waals surface area contributed by atoms with Crippen LogP contribution in [0.1, 0.15) is 40.5 Å². The number of fused-ring (bicyclic) bond motifs is 2. The highest BCUT2D eigenvalue weighted by Crippen LogP contribution is 2.42. The van der Waals surface area contributed by atoms with Crippen molar-refractivity contribution in [1.29, 1.82) is 0 Å². The normalized spacial score (nSPS) is 37.9. The van der Waals surface area contributed by atoms with Crippen LogP contribution in [-0.2, 0) is 4.74 Å². The zero-order valence-electron chi connectivity index (χ0n) is 10.4. The molecule has 1 aliphatic carbocycles. The lowest BCUT2D eigenvalue weighted by Crippen LogP contribution is -2.49. The first kappa shape index (κ1) is 11.7. The largest absolute Gasteiger partial charge is 0.444 e. The molecule has 0 unspecified atom stereocenters. The van der Waals surface area contributed by atoms with Crippen molar-refractivity contribution >= 4 is 6.09 Å². The molecule has 2 fully saturated rings. The first-order valence-corrected chi connectivity index (χ1v) is 5.99. The maximum absolute atomic E-state index is 12.0. The lowest BCUT2D eigenvalue weighted by atomic mass is 9.98. The first-order valence-electron chi connectivity index (χ1n) is 5.99. The van der Waals surface area contributed by atoms with Gasteiger partial charge in [-0.1, -0.05) is 0 Å². The van der Waals surface area contributed by atoms with Gasteiger partial charge in [0.2, 0.25) is 0 Å². The lowest BCUT2D eigenvalue weighted by Gasteiger charge is -2.36. The van der Waals surface area contributed by atoms with Crippen LogP contribution in [0.4, 0.5) is 4.79 Å². The van der Waals surface area contributed by atoms with E-state index in [9.17, 15) is 9.90 Å². The van der Waals surface area contributed by atoms with Gasteiger partial charge in [-0.25, -0.2) is 4.79 Å². The second-order valence-electron chi connectivity index (χ2n) is 5.98. The summed E-state index contributed by atoms with van der Waals surface area (Å²) in [4.78, 5) is 13.8. The molecule has 0 radical (unpaired) electrons. The Bertz CT molecular complexity index is 295. The summed E-state index contributed by atoms with van der Waals surface area (Å²) in [6.45, 7) is 7.62. The van der Waals surface area contributed by atoms with Crippen LogP contribution in [0, 0.1) is 5.92 Å². The minimum absolute atomic E-state index is 0.101. The van der Waals surface area contributed by atoms with Gasteiger partial charge < -0.3 is 14.7 Å². The molecule has 0 aromatic rings. The van der Waals surface area contributed by atoms with Crippen molar-refractivity contribution in [2.75, 3.05) is 0 Å². The Morgan fingerprint density at radius 2 is 2.00 bits per heavy atom. The molecular formula is C12H21NO3. The molecule has 1 amide bonds. The molecule has 2 bridgehead atoms. The number of piperidine rings is 1. The highest BCUT2D eigenvalue weighted by Gasteiger charge is 2.51. The number of likely N-dealkylation sites (tertiary alicyclic amines) is 1. The van der Waals surface area contributed by atoms with Crippen molar-refractivity contribution in [3.8, 4) is 0 Å². The molecule has 1 aliphatic heterocycles. The molecule has 0 spiro atoms. The molecule has 4 nitrogen and oxygen atoms in total. The molecule has 16 heavy (non-hydrogen) atoms. The van der Waals surface area contributed by atoms with E-state index in [0.717, 1.165) is 6.42 Å². The molecule has 0 aromatic heterocycles. The van der Waals surface area contributed by atoms with E-state index in [0.29, 0.717) is 6.42 Å². The minimum Gasteiger partial charge on any atom is -0.444 e. The summed E-state index contributed by atoms with van der Waals surface area (Å²) in [7, 11) is 0. The van der Waals surface area contributed by atoms with Gasteiger partial charge in [0.05, 0.1) is 6.10 Å². The predicted octanol–water partition coefficient (Wildman–Crippen LogP) is 1.77. The lowest BCUT2D eigenvalue weighted by molar-refractivity contribution is -0.00750. The Morgan fingerprint density at radius 3 is 2.44 bits per heavy atom. The Labute approximate surface area is 96.6 Å². The fourth-order valence-electron chi connectivity index (χ4n) is 2.94. The fourth-order valence-corrected chi connectivity index (χ4v) is 2.94. The fraction of sp³-hybridized carbons (Fsp3) is 0.917. The number of rotatable bonds is 0. The van der Waals surface area contributed by atoms with Crippen LogP contribution < -0.4 is 0 Å². The highest BCUT2D eigenvalue weighted by molar-refractivity contribution is 5.69. The van der Waals surface area contributed by atoms with Gasteiger partial charge in [-0.15, -0.1) is 0 Å². The van der Waals surface area contributed by atoms with Crippen molar-refractivity contribution in [2.45, 2.75) is 64.3 Å². The smallest absolute Gasteiger partial charge is 0.410 e. The number of nitrogens with zero attached hydrogens (tertiary/aromatic N) is 1. The molecule has 92 valence electrons. The van der Waals surface area contributed by atoms with Crippen LogP contribution in [-0.4, -0.2) is 39.9 Å². The number of carbonyl (C=O) groups is 1. The van der Waals surface area contributed by atoms with Crippen LogP contribution in [0.25, 0.3) is 0 Å². The predicted molar refractivity (Wildman–Crippen MR) is 60.1 cm³/mol. The highest BCUT2D eigenvalue weighted by atomic mass is 16.6. The van der Waals surface area contributed by atoms with E-state index in [1.165, 1.54) is 0 Å². The number of carbonyl (C=O) groups excluding carboxylic acids is 1. The Kier molecular flexibility index (Phi) is 2.65. The molecule has 1 heterocycles. The molecule has 1 saturated carbocycles. The molecule has 1 saturated heterocycles. The standard InChI is InChI=1S/C12H21NO3/c1-7-9-5-8(6-10(9)14)13(7)11(15)16-12(2,3)4/h7-10,14H,5-6H2,1-4H3/t7-,8+,9+,10+/m0/s1. The van der Waals surface area contributed by atoms with Crippen LogP contribution in [0.15, 0.2) is 0 Å². The van der Waals surface area contributed by atoms with Gasteiger partial charge in [0.25, 0.3) is 0 Å². The average molecular weight is 227 g/mol. The maximum Gasteiger partial charge on any atom is 0.410 e. The zero-order chi connectivity index (χ0) is 12.1. The SMILES string of the molecule is C[C@H]1[C@H]2C[C@H](C[C@H]2O)N1C(=O)OC(C)(C)C. The molecule has 2 rings (SSSR count). The average Bonchev–Trinajstić information content (AvgIpc) is 2.56. The third kappa shape index (κ3) is 1.90. The van der Waals surface area contributed by atoms with E-state index in [4.69, 9.17) is 4.74 Å². The van der Waals surface area contributed by atoms with E-state index in [1.54, 1.807) is 0 Å². The van der Waals surface area contributed by atoms with Crippen molar-refractivity contribution < 1.29 is 14.6 Å². The number of amides is 1. The Morgan fingerprint density at radius 1 is 1.38 bits per heavy atom. The summed E-state index contributed by atoms with van der Waals surface area (Å²) < 4.78 is 5.39. The minimum atomic E-state index is -0.447. The maximum atomic E-state index is 12.0. The van der Waals surface area contributed by atoms with E-state index in [1.807, 2.05) is 32.6 Å². The number of hydrogen-bond acceptors (Lipinski definition) is 3. The van der Waals surface area contributed by atoms with Gasteiger partial charge in [0.15, 0.2) is 0 Å². The van der Waals surface area contributed by atoms with E-state index in [2.05, 4.69) is 0 Å². The quantitative estimate of drug-likeness (QED) is 0.686. The monoisotopic (exact) mass is 227 g/mol. The van der Waals surface area contributed by atoms with Gasteiger partial charge >= 0.3 is 6.09 Å². The first-order chi connectivity index (χ1) is 7.29. The summed E-state index contributed by atoms with van der Waals surface area (Å²) in [5.41, 5.74) is -0.447. The molecule has 0 aromatic carbocycles. The molecular weight excluding hydrogens is 206 g/mol. The third-order valence-corrected chi connectivity index (χ3v) is 3.61. The summed E-state index contributed by atoms with van der Waals surface area (Å²) in [6, 6.07) is 0.272. The Balaban J connectivity index is 2.04. The molecule has 4 heteroatoms. The van der Waals surface area contributed by atoms with Crippen LogP contribution in [0.2, 0.25) is 0 Å². The zero-order valence-corrected chi connectivity index (χ0v) is 10.4. The van der Waals surface area contributed by atoms with Gasteiger partial charge in [0.1, 0.15) is 5.60 Å². The number of aliphatic hydroxyl groups is 1. The van der Waals surface area contributed by atoms with E-state index < -0.39 is 5.60 Å². The van der Waals surface area contributed by atoms with Gasteiger partial charge in [-0.05, 0) is 40.5 Å². The van der Waals surface area contributed by atoms with Gasteiger partial charge in [0, 0.05) is 18.0 Å². The number of aliphatic hydroxyl groups excluding tert-OH is 1.